The summed E-state index contributed by atoms with van der Waals surface area (Å²) in [4.78, 5) is 5.77. The van der Waals surface area contributed by atoms with Crippen molar-refractivity contribution in [3.63, 3.8) is 0 Å². The molecule has 0 amide bonds. The predicted octanol–water partition coefficient (Wildman–Crippen LogP) is 5.67. The highest BCUT2D eigenvalue weighted by Gasteiger charge is 2.09. The molecule has 0 bridgehead atoms. The van der Waals surface area contributed by atoms with E-state index in [0.717, 1.165) is 21.9 Å². The number of ether oxygens (including phenoxy) is 1. The Hall–Kier alpha value is -2.26. The number of hydrogen-bond acceptors (Lipinski definition) is 3. The van der Waals surface area contributed by atoms with Crippen molar-refractivity contribution >= 4 is 11.8 Å². The van der Waals surface area contributed by atoms with Gasteiger partial charge in [-0.1, -0.05) is 42.5 Å². The second-order valence-corrected chi connectivity index (χ2v) is 6.79. The van der Waals surface area contributed by atoms with Crippen LogP contribution in [0.5, 0.6) is 5.88 Å². The van der Waals surface area contributed by atoms with Gasteiger partial charge < -0.3 is 4.74 Å². The van der Waals surface area contributed by atoms with E-state index in [2.05, 4.69) is 68.4 Å². The Morgan fingerprint density at radius 1 is 0.917 bits per heavy atom. The molecule has 0 radical (unpaired) electrons. The van der Waals surface area contributed by atoms with Crippen molar-refractivity contribution in [2.24, 2.45) is 0 Å². The summed E-state index contributed by atoms with van der Waals surface area (Å²) in [6.45, 7) is 4.25. The molecular formula is C21H21NOS. The Kier molecular flexibility index (Phi) is 5.21. The van der Waals surface area contributed by atoms with Crippen LogP contribution in [0.2, 0.25) is 0 Å². The van der Waals surface area contributed by atoms with Gasteiger partial charge in [0.2, 0.25) is 5.88 Å². The van der Waals surface area contributed by atoms with Gasteiger partial charge in [0.15, 0.2) is 0 Å². The highest BCUT2D eigenvalue weighted by Crippen LogP contribution is 2.32. The smallest absolute Gasteiger partial charge is 0.227 e. The van der Waals surface area contributed by atoms with Crippen molar-refractivity contribution < 1.29 is 4.74 Å². The number of methoxy groups -OCH3 is 1. The lowest BCUT2D eigenvalue weighted by atomic mass is 10.0. The standard InChI is InChI=1S/C21H21NOS/c1-15-9-10-18(13-16(15)2)19-11-12-20(21(22-19)23-3)24-14-17-7-5-4-6-8-17/h4-13H,14H2,1-3H3. The van der Waals surface area contributed by atoms with Gasteiger partial charge in [0.1, 0.15) is 0 Å². The monoisotopic (exact) mass is 335 g/mol. The quantitative estimate of drug-likeness (QED) is 0.561. The Balaban J connectivity index is 1.83. The van der Waals surface area contributed by atoms with Crippen molar-refractivity contribution in [1.82, 2.24) is 4.98 Å². The average molecular weight is 335 g/mol. The molecule has 2 nitrogen and oxygen atoms in total. The molecule has 3 rings (SSSR count). The van der Waals surface area contributed by atoms with E-state index in [1.54, 1.807) is 18.9 Å². The van der Waals surface area contributed by atoms with E-state index in [-0.39, 0.29) is 0 Å². The molecule has 3 aromatic rings. The van der Waals surface area contributed by atoms with Crippen molar-refractivity contribution in [2.75, 3.05) is 7.11 Å². The van der Waals surface area contributed by atoms with Crippen LogP contribution >= 0.6 is 11.8 Å². The topological polar surface area (TPSA) is 22.1 Å². The largest absolute Gasteiger partial charge is 0.480 e. The molecule has 0 saturated carbocycles. The summed E-state index contributed by atoms with van der Waals surface area (Å²) in [5, 5.41) is 0. The molecule has 0 fully saturated rings. The maximum Gasteiger partial charge on any atom is 0.227 e. The van der Waals surface area contributed by atoms with E-state index >= 15 is 0 Å². The third kappa shape index (κ3) is 3.80. The van der Waals surface area contributed by atoms with Gasteiger partial charge in [-0.15, -0.1) is 11.8 Å². The molecule has 122 valence electrons. The first-order valence-corrected chi connectivity index (χ1v) is 8.95. The van der Waals surface area contributed by atoms with Crippen molar-refractivity contribution in [3.05, 3.63) is 77.4 Å². The van der Waals surface area contributed by atoms with Crippen LogP contribution in [0.4, 0.5) is 0 Å². The summed E-state index contributed by atoms with van der Waals surface area (Å²) in [6.07, 6.45) is 0. The minimum absolute atomic E-state index is 0.687. The van der Waals surface area contributed by atoms with E-state index < -0.39 is 0 Å². The van der Waals surface area contributed by atoms with Crippen molar-refractivity contribution in [1.29, 1.82) is 0 Å². The fourth-order valence-electron chi connectivity index (χ4n) is 2.48. The summed E-state index contributed by atoms with van der Waals surface area (Å²) in [5.41, 5.74) is 5.93. The number of thioether (sulfide) groups is 1. The summed E-state index contributed by atoms with van der Waals surface area (Å²) in [6, 6.07) is 21.0. The highest BCUT2D eigenvalue weighted by atomic mass is 32.2. The van der Waals surface area contributed by atoms with E-state index in [4.69, 9.17) is 9.72 Å². The fourth-order valence-corrected chi connectivity index (χ4v) is 3.41. The van der Waals surface area contributed by atoms with E-state index in [1.807, 2.05) is 6.07 Å². The number of rotatable bonds is 5. The van der Waals surface area contributed by atoms with Gasteiger partial charge in [-0.3, -0.25) is 0 Å². The first kappa shape index (κ1) is 16.6. The third-order valence-corrected chi connectivity index (χ3v) is 5.16. The number of nitrogens with zero attached hydrogens (tertiary/aromatic N) is 1. The lowest BCUT2D eigenvalue weighted by Crippen LogP contribution is -1.94. The SMILES string of the molecule is COc1nc(-c2ccc(C)c(C)c2)ccc1SCc1ccccc1. The molecule has 0 aliphatic rings. The molecule has 24 heavy (non-hydrogen) atoms. The van der Waals surface area contributed by atoms with E-state index in [0.29, 0.717) is 5.88 Å². The van der Waals surface area contributed by atoms with Gasteiger partial charge in [-0.2, -0.15) is 0 Å². The van der Waals surface area contributed by atoms with Crippen LogP contribution in [0, 0.1) is 13.8 Å². The van der Waals surface area contributed by atoms with Crippen molar-refractivity contribution in [2.45, 2.75) is 24.5 Å². The summed E-state index contributed by atoms with van der Waals surface area (Å²) < 4.78 is 5.52. The molecule has 0 unspecified atom stereocenters. The first-order valence-electron chi connectivity index (χ1n) is 7.97. The number of aryl methyl sites for hydroxylation is 2. The van der Waals surface area contributed by atoms with Gasteiger partial charge in [-0.05, 0) is 48.7 Å². The summed E-state index contributed by atoms with van der Waals surface area (Å²) >= 11 is 1.75. The Morgan fingerprint density at radius 2 is 1.71 bits per heavy atom. The molecule has 0 aliphatic carbocycles. The molecule has 1 heterocycles. The van der Waals surface area contributed by atoms with Crippen LogP contribution < -0.4 is 4.74 Å². The van der Waals surface area contributed by atoms with Crippen LogP contribution in [0.1, 0.15) is 16.7 Å². The lowest BCUT2D eigenvalue weighted by Gasteiger charge is -2.10. The molecular weight excluding hydrogens is 314 g/mol. The van der Waals surface area contributed by atoms with Gasteiger partial charge in [-0.25, -0.2) is 4.98 Å². The maximum atomic E-state index is 5.52. The van der Waals surface area contributed by atoms with Gasteiger partial charge in [0, 0.05) is 11.3 Å². The minimum Gasteiger partial charge on any atom is -0.480 e. The molecule has 0 atom stereocenters. The normalized spacial score (nSPS) is 10.6. The number of aromatic nitrogens is 1. The maximum absolute atomic E-state index is 5.52. The Labute approximate surface area is 147 Å². The van der Waals surface area contributed by atoms with Gasteiger partial charge in [0.05, 0.1) is 17.7 Å². The van der Waals surface area contributed by atoms with Crippen LogP contribution in [0.15, 0.2) is 65.6 Å². The number of pyridine rings is 1. The molecule has 0 spiro atoms. The number of hydrogen-bond donors (Lipinski definition) is 0. The van der Waals surface area contributed by atoms with Gasteiger partial charge in [0.25, 0.3) is 0 Å². The third-order valence-electron chi connectivity index (χ3n) is 4.06. The van der Waals surface area contributed by atoms with Crippen LogP contribution in [0.25, 0.3) is 11.3 Å². The second-order valence-electron chi connectivity index (χ2n) is 5.78. The van der Waals surface area contributed by atoms with E-state index in [1.165, 1.54) is 16.7 Å². The zero-order valence-electron chi connectivity index (χ0n) is 14.2. The van der Waals surface area contributed by atoms with Crippen LogP contribution in [-0.4, -0.2) is 12.1 Å². The minimum atomic E-state index is 0.687. The predicted molar refractivity (Wildman–Crippen MR) is 102 cm³/mol. The Morgan fingerprint density at radius 3 is 2.42 bits per heavy atom. The zero-order valence-corrected chi connectivity index (χ0v) is 15.1. The first-order chi connectivity index (χ1) is 11.7. The average Bonchev–Trinajstić information content (AvgIpc) is 2.63. The molecule has 0 N–H and O–H groups in total. The Bertz CT molecular complexity index is 830. The van der Waals surface area contributed by atoms with Gasteiger partial charge >= 0.3 is 0 Å². The van der Waals surface area contributed by atoms with Crippen LogP contribution in [-0.2, 0) is 5.75 Å². The zero-order chi connectivity index (χ0) is 16.9. The second kappa shape index (κ2) is 7.54. The summed E-state index contributed by atoms with van der Waals surface area (Å²) in [5.74, 6) is 1.59. The van der Waals surface area contributed by atoms with E-state index in [9.17, 15) is 0 Å². The lowest BCUT2D eigenvalue weighted by molar-refractivity contribution is 0.387. The van der Waals surface area contributed by atoms with Crippen molar-refractivity contribution in [3.8, 4) is 17.1 Å². The fraction of sp³-hybridized carbons (Fsp3) is 0.190. The highest BCUT2D eigenvalue weighted by molar-refractivity contribution is 7.98. The number of benzene rings is 2. The molecule has 2 aromatic carbocycles. The molecule has 0 saturated heterocycles. The molecule has 0 aliphatic heterocycles. The molecule has 3 heteroatoms. The van der Waals surface area contributed by atoms with Crippen LogP contribution in [0.3, 0.4) is 0 Å². The summed E-state index contributed by atoms with van der Waals surface area (Å²) in [7, 11) is 1.68. The molecule has 1 aromatic heterocycles.